The van der Waals surface area contributed by atoms with Crippen molar-refractivity contribution in [3.63, 3.8) is 0 Å². The monoisotopic (exact) mass is 409 g/mol. The quantitative estimate of drug-likeness (QED) is 0.567. The van der Waals surface area contributed by atoms with E-state index in [4.69, 9.17) is 0 Å². The number of para-hydroxylation sites is 1. The first-order valence-electron chi connectivity index (χ1n) is 11.4. The van der Waals surface area contributed by atoms with Gasteiger partial charge in [0.2, 0.25) is 5.78 Å². The van der Waals surface area contributed by atoms with Crippen LogP contribution in [0.4, 0.5) is 0 Å². The van der Waals surface area contributed by atoms with Crippen LogP contribution in [0, 0.1) is 5.92 Å². The van der Waals surface area contributed by atoms with Crippen LogP contribution in [0.5, 0.6) is 0 Å². The van der Waals surface area contributed by atoms with Crippen LogP contribution in [-0.2, 0) is 0 Å². The minimum absolute atomic E-state index is 0.137. The van der Waals surface area contributed by atoms with Gasteiger partial charge in [0.25, 0.3) is 0 Å². The number of β-amino-alcohol motifs (C(OH)–C–C–N with tert-alkyl or cyclic N) is 1. The molecule has 1 aromatic carbocycles. The van der Waals surface area contributed by atoms with Gasteiger partial charge in [-0.3, -0.25) is 15.1 Å². The zero-order valence-electron chi connectivity index (χ0n) is 17.4. The van der Waals surface area contributed by atoms with E-state index in [-0.39, 0.29) is 23.8 Å². The first kappa shape index (κ1) is 19.0. The maximum absolute atomic E-state index is 14.3. The molecule has 0 amide bonds. The fourth-order valence-electron chi connectivity index (χ4n) is 6.37. The normalized spacial score (nSPS) is 33.4. The Balaban J connectivity index is 1.46. The molecule has 160 valence electrons. The first-order valence-corrected chi connectivity index (χ1v) is 11.4. The molecule has 1 saturated carbocycles. The highest BCUT2D eigenvalue weighted by Crippen LogP contribution is 2.51. The summed E-state index contributed by atoms with van der Waals surface area (Å²) in [6.45, 7) is 4.17. The van der Waals surface area contributed by atoms with Gasteiger partial charge in [-0.2, -0.15) is 0 Å². The number of nitrogens with one attached hydrogen (secondary N) is 3. The molecule has 4 N–H and O–H groups in total. The lowest BCUT2D eigenvalue weighted by Crippen LogP contribution is -2.63. The number of hydrogen-bond donors (Lipinski definition) is 4. The lowest BCUT2D eigenvalue weighted by atomic mass is 9.74. The van der Waals surface area contributed by atoms with Crippen molar-refractivity contribution in [2.24, 2.45) is 5.92 Å². The van der Waals surface area contributed by atoms with Crippen molar-refractivity contribution in [2.75, 3.05) is 39.3 Å². The van der Waals surface area contributed by atoms with Crippen LogP contribution in [0.1, 0.15) is 36.2 Å². The van der Waals surface area contributed by atoms with Crippen LogP contribution in [0.2, 0.25) is 0 Å². The molecule has 30 heavy (non-hydrogen) atoms. The highest BCUT2D eigenvalue weighted by molar-refractivity contribution is 6.06. The smallest absolute Gasteiger partial charge is 0.202 e. The van der Waals surface area contributed by atoms with Gasteiger partial charge in [0.15, 0.2) is 0 Å². The molecule has 1 aromatic heterocycles. The summed E-state index contributed by atoms with van der Waals surface area (Å²) < 4.78 is 0. The van der Waals surface area contributed by atoms with Crippen LogP contribution in [0.3, 0.4) is 0 Å². The van der Waals surface area contributed by atoms with E-state index in [2.05, 4.69) is 31.7 Å². The van der Waals surface area contributed by atoms with Gasteiger partial charge in [0.05, 0.1) is 12.3 Å². The van der Waals surface area contributed by atoms with Crippen molar-refractivity contribution >= 4 is 16.7 Å². The van der Waals surface area contributed by atoms with E-state index >= 15 is 0 Å². The Hall–Kier alpha value is -1.77. The van der Waals surface area contributed by atoms with Crippen LogP contribution < -0.4 is 10.7 Å². The fraction of sp³-hybridized carbons (Fsp3) is 0.609. The summed E-state index contributed by atoms with van der Waals surface area (Å²) in [6.07, 6.45) is 4.43. The van der Waals surface area contributed by atoms with Gasteiger partial charge in [0, 0.05) is 54.6 Å². The molecule has 3 unspecified atom stereocenters. The molecule has 3 aliphatic heterocycles. The average molecular weight is 410 g/mol. The Bertz CT molecular complexity index is 936. The number of H-pyrrole nitrogens is 1. The SMILES string of the molecule is O=C(c1cc2ccccc2[nH]1)C12CN(CCO)C3(CCN1NC1CCNCC12)CC3. The molecule has 3 atom stereocenters. The summed E-state index contributed by atoms with van der Waals surface area (Å²) in [5.74, 6) is 0.392. The van der Waals surface area contributed by atoms with Gasteiger partial charge < -0.3 is 15.4 Å². The van der Waals surface area contributed by atoms with Crippen molar-refractivity contribution in [1.29, 1.82) is 0 Å². The lowest BCUT2D eigenvalue weighted by Gasteiger charge is -2.43. The zero-order chi connectivity index (χ0) is 20.3. The molecule has 1 aliphatic carbocycles. The second kappa shape index (κ2) is 6.87. The summed E-state index contributed by atoms with van der Waals surface area (Å²) in [5.41, 5.74) is 5.01. The molecule has 1 spiro atoms. The molecule has 4 fully saturated rings. The maximum atomic E-state index is 14.3. The number of hydrazine groups is 1. The fourth-order valence-corrected chi connectivity index (χ4v) is 6.37. The number of aliphatic hydroxyl groups excluding tert-OH is 1. The van der Waals surface area contributed by atoms with Crippen molar-refractivity contribution in [3.8, 4) is 0 Å². The molecule has 7 nitrogen and oxygen atoms in total. The average Bonchev–Trinajstić information content (AvgIpc) is 3.35. The summed E-state index contributed by atoms with van der Waals surface area (Å²) in [7, 11) is 0. The van der Waals surface area contributed by atoms with Crippen molar-refractivity contribution in [2.45, 2.75) is 42.8 Å². The standard InChI is InChI=1S/C23H31N5O2/c29-12-11-27-15-23(21(30)20-13-16-3-1-2-4-18(16)25-20)17-14-24-9-5-19(17)26-28(23)10-8-22(27)6-7-22/h1-4,13,17,19,24-26,29H,5-12,14-15H2. The van der Waals surface area contributed by atoms with Crippen LogP contribution in [0.25, 0.3) is 10.9 Å². The second-order valence-corrected chi connectivity index (χ2v) is 9.63. The number of carbonyl (C=O) groups is 1. The van der Waals surface area contributed by atoms with E-state index in [1.54, 1.807) is 0 Å². The number of ketones is 1. The Morgan fingerprint density at radius 2 is 2.10 bits per heavy atom. The number of aliphatic hydroxyl groups is 1. The van der Waals surface area contributed by atoms with Gasteiger partial charge in [-0.25, -0.2) is 5.01 Å². The van der Waals surface area contributed by atoms with Gasteiger partial charge in [-0.05, 0) is 44.4 Å². The third-order valence-corrected chi connectivity index (χ3v) is 8.17. The highest BCUT2D eigenvalue weighted by Gasteiger charge is 2.64. The number of rotatable bonds is 4. The molecule has 0 radical (unpaired) electrons. The Kier molecular flexibility index (Phi) is 4.34. The lowest BCUT2D eigenvalue weighted by molar-refractivity contribution is 0.0325. The molecular formula is C23H31N5O2. The molecule has 0 bridgehead atoms. The summed E-state index contributed by atoms with van der Waals surface area (Å²) in [4.78, 5) is 20.2. The summed E-state index contributed by atoms with van der Waals surface area (Å²) >= 11 is 0. The van der Waals surface area contributed by atoms with Crippen LogP contribution >= 0.6 is 0 Å². The van der Waals surface area contributed by atoms with E-state index in [1.165, 1.54) is 12.8 Å². The molecule has 3 saturated heterocycles. The number of Topliss-reactive ketones (excluding diaryl/α,β-unsaturated/α-hetero) is 1. The number of aromatic nitrogens is 1. The number of aromatic amines is 1. The highest BCUT2D eigenvalue weighted by atomic mass is 16.3. The molecule has 7 heteroatoms. The van der Waals surface area contributed by atoms with Gasteiger partial charge in [-0.15, -0.1) is 0 Å². The number of fused-ring (bicyclic) bond motifs is 4. The molecular weight excluding hydrogens is 378 g/mol. The van der Waals surface area contributed by atoms with E-state index in [0.29, 0.717) is 24.8 Å². The summed E-state index contributed by atoms with van der Waals surface area (Å²) in [6, 6.07) is 10.4. The summed E-state index contributed by atoms with van der Waals surface area (Å²) in [5, 5.41) is 16.7. The predicted molar refractivity (Wildman–Crippen MR) is 115 cm³/mol. The number of benzene rings is 1. The zero-order valence-corrected chi connectivity index (χ0v) is 17.4. The first-order chi connectivity index (χ1) is 14.7. The number of carbonyl (C=O) groups excluding carboxylic acids is 1. The Morgan fingerprint density at radius 3 is 2.90 bits per heavy atom. The Morgan fingerprint density at radius 1 is 1.23 bits per heavy atom. The van der Waals surface area contributed by atoms with Crippen molar-refractivity contribution < 1.29 is 9.90 Å². The van der Waals surface area contributed by atoms with Crippen molar-refractivity contribution in [3.05, 3.63) is 36.0 Å². The number of piperidine rings is 1. The largest absolute Gasteiger partial charge is 0.395 e. The van der Waals surface area contributed by atoms with Crippen molar-refractivity contribution in [1.82, 2.24) is 25.6 Å². The minimum atomic E-state index is -0.625. The third kappa shape index (κ3) is 2.66. The Labute approximate surface area is 176 Å². The number of hydrogen-bond acceptors (Lipinski definition) is 6. The van der Waals surface area contributed by atoms with E-state index in [9.17, 15) is 9.90 Å². The predicted octanol–water partition coefficient (Wildman–Crippen LogP) is 1.12. The van der Waals surface area contributed by atoms with E-state index in [0.717, 1.165) is 43.4 Å². The topological polar surface area (TPSA) is 83.6 Å². The second-order valence-electron chi connectivity index (χ2n) is 9.63. The maximum Gasteiger partial charge on any atom is 0.202 e. The van der Waals surface area contributed by atoms with Gasteiger partial charge >= 0.3 is 0 Å². The minimum Gasteiger partial charge on any atom is -0.395 e. The molecule has 4 aliphatic rings. The van der Waals surface area contributed by atoms with Gasteiger partial charge in [0.1, 0.15) is 5.54 Å². The van der Waals surface area contributed by atoms with E-state index in [1.807, 2.05) is 24.3 Å². The van der Waals surface area contributed by atoms with Crippen LogP contribution in [-0.4, -0.2) is 82.2 Å². The third-order valence-electron chi connectivity index (χ3n) is 8.17. The van der Waals surface area contributed by atoms with Crippen LogP contribution in [0.15, 0.2) is 30.3 Å². The molecule has 4 heterocycles. The molecule has 6 rings (SSSR count). The molecule has 2 aromatic rings. The van der Waals surface area contributed by atoms with E-state index < -0.39 is 5.54 Å². The van der Waals surface area contributed by atoms with Gasteiger partial charge in [-0.1, -0.05) is 18.2 Å². The number of nitrogens with zero attached hydrogens (tertiary/aromatic N) is 2.